The van der Waals surface area contributed by atoms with Crippen LogP contribution in [0.4, 0.5) is 10.2 Å². The second kappa shape index (κ2) is 8.94. The highest BCUT2D eigenvalue weighted by Crippen LogP contribution is 2.43. The Hall–Kier alpha value is -2.96. The molecule has 0 aromatic carbocycles. The van der Waals surface area contributed by atoms with E-state index in [0.717, 1.165) is 19.3 Å². The molecule has 1 aromatic rings. The average Bonchev–Trinajstić information content (AvgIpc) is 2.61. The van der Waals surface area contributed by atoms with Gasteiger partial charge >= 0.3 is 5.97 Å². The van der Waals surface area contributed by atoms with Crippen LogP contribution in [0.5, 0.6) is 0 Å². The monoisotopic (exact) mass is 358 g/mol. The van der Waals surface area contributed by atoms with Crippen LogP contribution in [0, 0.1) is 0 Å². The van der Waals surface area contributed by atoms with Gasteiger partial charge in [0.25, 0.3) is 0 Å². The van der Waals surface area contributed by atoms with Crippen LogP contribution >= 0.6 is 0 Å². The van der Waals surface area contributed by atoms with E-state index in [1.54, 1.807) is 19.1 Å². The number of allylic oxidation sites excluding steroid dienone is 2. The summed E-state index contributed by atoms with van der Waals surface area (Å²) in [4.78, 5) is 11.3. The maximum Gasteiger partial charge on any atom is 0.330 e. The summed E-state index contributed by atoms with van der Waals surface area (Å²) in [5, 5.41) is 11.4. The molecular formula is C19H23FN4O2. The van der Waals surface area contributed by atoms with Gasteiger partial charge in [0.1, 0.15) is 11.6 Å². The fraction of sp³-hybridized carbons (Fsp3) is 0.316. The number of halogens is 1. The lowest BCUT2D eigenvalue weighted by Crippen LogP contribution is -2.47. The van der Waals surface area contributed by atoms with Crippen LogP contribution in [0.3, 0.4) is 0 Å². The van der Waals surface area contributed by atoms with E-state index in [1.165, 1.54) is 30.5 Å². The van der Waals surface area contributed by atoms with Gasteiger partial charge in [0.15, 0.2) is 0 Å². The van der Waals surface area contributed by atoms with Gasteiger partial charge in [-0.25, -0.2) is 9.18 Å². The molecule has 0 bridgehead atoms. The Morgan fingerprint density at radius 2 is 2.23 bits per heavy atom. The molecule has 6 nitrogen and oxygen atoms in total. The number of carbonyl (C=O) groups is 1. The first-order valence-corrected chi connectivity index (χ1v) is 8.41. The predicted molar refractivity (Wildman–Crippen MR) is 99.6 cm³/mol. The van der Waals surface area contributed by atoms with Crippen molar-refractivity contribution in [1.29, 1.82) is 0 Å². The topological polar surface area (TPSA) is 90.1 Å². The number of anilines is 1. The van der Waals surface area contributed by atoms with Crippen LogP contribution in [-0.4, -0.2) is 28.3 Å². The summed E-state index contributed by atoms with van der Waals surface area (Å²) in [6.45, 7) is 5.94. The molecule has 7 heteroatoms. The fourth-order valence-corrected chi connectivity index (χ4v) is 2.59. The van der Waals surface area contributed by atoms with Crippen molar-refractivity contribution in [2.24, 2.45) is 5.73 Å². The largest absolute Gasteiger partial charge is 0.463 e. The summed E-state index contributed by atoms with van der Waals surface area (Å²) in [7, 11) is 0. The van der Waals surface area contributed by atoms with E-state index in [0.29, 0.717) is 23.7 Å². The maximum absolute atomic E-state index is 14.2. The summed E-state index contributed by atoms with van der Waals surface area (Å²) < 4.78 is 19.0. The van der Waals surface area contributed by atoms with Crippen LogP contribution in [0.2, 0.25) is 0 Å². The van der Waals surface area contributed by atoms with Crippen molar-refractivity contribution < 1.29 is 13.9 Å². The Morgan fingerprint density at radius 3 is 2.77 bits per heavy atom. The zero-order valence-corrected chi connectivity index (χ0v) is 14.7. The van der Waals surface area contributed by atoms with E-state index in [-0.39, 0.29) is 0 Å². The molecule has 1 saturated carbocycles. The molecule has 1 aromatic heterocycles. The maximum atomic E-state index is 14.2. The third-order valence-corrected chi connectivity index (χ3v) is 4.16. The van der Waals surface area contributed by atoms with E-state index in [4.69, 9.17) is 10.5 Å². The highest BCUT2D eigenvalue weighted by Gasteiger charge is 2.41. The number of rotatable bonds is 8. The summed E-state index contributed by atoms with van der Waals surface area (Å²) in [5.41, 5.74) is 5.56. The fourth-order valence-electron chi connectivity index (χ4n) is 2.59. The lowest BCUT2D eigenvalue weighted by atomic mass is 9.71. The SMILES string of the molecule is C=C(/C(F)=C\C=C/N)C1(Nc2ccc(/C=C/C(=O)OCC)nn2)CCC1. The van der Waals surface area contributed by atoms with Gasteiger partial charge < -0.3 is 15.8 Å². The molecule has 0 amide bonds. The van der Waals surface area contributed by atoms with Gasteiger partial charge in [0.05, 0.1) is 17.8 Å². The number of hydrogen-bond donors (Lipinski definition) is 2. The van der Waals surface area contributed by atoms with Crippen molar-refractivity contribution in [1.82, 2.24) is 10.2 Å². The smallest absolute Gasteiger partial charge is 0.330 e. The predicted octanol–water partition coefficient (Wildman–Crippen LogP) is 3.27. The average molecular weight is 358 g/mol. The van der Waals surface area contributed by atoms with Gasteiger partial charge in [0, 0.05) is 11.6 Å². The van der Waals surface area contributed by atoms with Crippen LogP contribution < -0.4 is 11.1 Å². The minimum absolute atomic E-state index is 0.315. The molecule has 1 aliphatic carbocycles. The highest BCUT2D eigenvalue weighted by molar-refractivity contribution is 5.86. The second-order valence-corrected chi connectivity index (χ2v) is 5.87. The van der Waals surface area contributed by atoms with Crippen LogP contribution in [-0.2, 0) is 9.53 Å². The molecule has 0 radical (unpaired) electrons. The van der Waals surface area contributed by atoms with Crippen molar-refractivity contribution in [3.63, 3.8) is 0 Å². The number of esters is 1. The molecule has 0 saturated heterocycles. The zero-order valence-electron chi connectivity index (χ0n) is 14.7. The first-order valence-electron chi connectivity index (χ1n) is 8.41. The normalized spacial score (nSPS) is 16.5. The van der Waals surface area contributed by atoms with Gasteiger partial charge in [-0.15, -0.1) is 10.2 Å². The number of ether oxygens (including phenoxy) is 1. The number of nitrogens with two attached hydrogens (primary N) is 1. The van der Waals surface area contributed by atoms with Gasteiger partial charge in [-0.3, -0.25) is 0 Å². The standard InChI is InChI=1S/C19H23FN4O2/c1-3-26-18(25)10-8-15-7-9-17(24-23-15)22-19(11-5-12-19)14(2)16(20)6-4-13-21/h4,6-10,13H,2-3,5,11-12,21H2,1H3,(H,22,24)/b10-8+,13-4-,16-6+. The molecule has 138 valence electrons. The lowest BCUT2D eigenvalue weighted by molar-refractivity contribution is -0.137. The van der Waals surface area contributed by atoms with Gasteiger partial charge in [-0.05, 0) is 62.7 Å². The van der Waals surface area contributed by atoms with E-state index < -0.39 is 17.3 Å². The zero-order chi connectivity index (χ0) is 19.0. The van der Waals surface area contributed by atoms with Gasteiger partial charge in [-0.1, -0.05) is 6.58 Å². The molecule has 0 atom stereocenters. The van der Waals surface area contributed by atoms with Crippen LogP contribution in [0.1, 0.15) is 31.9 Å². The number of aromatic nitrogens is 2. The van der Waals surface area contributed by atoms with Crippen molar-refractivity contribution in [2.45, 2.75) is 31.7 Å². The van der Waals surface area contributed by atoms with E-state index >= 15 is 0 Å². The van der Waals surface area contributed by atoms with E-state index in [9.17, 15) is 9.18 Å². The molecule has 0 unspecified atom stereocenters. The Balaban J connectivity index is 2.07. The molecule has 1 aliphatic rings. The molecule has 3 N–H and O–H groups in total. The van der Waals surface area contributed by atoms with Crippen molar-refractivity contribution in [2.75, 3.05) is 11.9 Å². The molecule has 2 rings (SSSR count). The Labute approximate surface area is 152 Å². The van der Waals surface area contributed by atoms with Crippen molar-refractivity contribution >= 4 is 17.9 Å². The quantitative estimate of drug-likeness (QED) is 0.421. The summed E-state index contributed by atoms with van der Waals surface area (Å²) in [6.07, 6.45) is 9.28. The van der Waals surface area contributed by atoms with Crippen LogP contribution in [0.15, 0.2) is 54.5 Å². The molecule has 26 heavy (non-hydrogen) atoms. The summed E-state index contributed by atoms with van der Waals surface area (Å²) >= 11 is 0. The molecule has 0 aliphatic heterocycles. The molecule has 1 fully saturated rings. The number of nitrogens with zero attached hydrogens (tertiary/aromatic N) is 2. The van der Waals surface area contributed by atoms with Gasteiger partial charge in [-0.2, -0.15) is 0 Å². The molecule has 1 heterocycles. The molecule has 0 spiro atoms. The number of carbonyl (C=O) groups excluding carboxylic acids is 1. The highest BCUT2D eigenvalue weighted by atomic mass is 19.1. The Bertz CT molecular complexity index is 734. The molecular weight excluding hydrogens is 335 g/mol. The minimum atomic E-state index is -0.569. The summed E-state index contributed by atoms with van der Waals surface area (Å²) in [6, 6.07) is 3.44. The minimum Gasteiger partial charge on any atom is -0.463 e. The van der Waals surface area contributed by atoms with Gasteiger partial charge in [0.2, 0.25) is 0 Å². The second-order valence-electron chi connectivity index (χ2n) is 5.87. The third kappa shape index (κ3) is 4.78. The third-order valence-electron chi connectivity index (χ3n) is 4.16. The number of nitrogens with one attached hydrogen (secondary N) is 1. The van der Waals surface area contributed by atoms with Crippen molar-refractivity contribution in [3.05, 3.63) is 60.2 Å². The first-order chi connectivity index (χ1) is 12.5. The number of hydrogen-bond acceptors (Lipinski definition) is 6. The summed E-state index contributed by atoms with van der Waals surface area (Å²) in [5.74, 6) is -0.336. The lowest BCUT2D eigenvalue weighted by Gasteiger charge is -2.44. The Morgan fingerprint density at radius 1 is 1.46 bits per heavy atom. The first kappa shape index (κ1) is 19.4. The van der Waals surface area contributed by atoms with E-state index in [1.807, 2.05) is 0 Å². The van der Waals surface area contributed by atoms with E-state index in [2.05, 4.69) is 22.1 Å². The van der Waals surface area contributed by atoms with Crippen molar-refractivity contribution in [3.8, 4) is 0 Å². The van der Waals surface area contributed by atoms with Crippen LogP contribution in [0.25, 0.3) is 6.08 Å². The Kier molecular flexibility index (Phi) is 6.66.